The minimum atomic E-state index is -0.499. The summed E-state index contributed by atoms with van der Waals surface area (Å²) >= 11 is 0. The first-order valence-corrected chi connectivity index (χ1v) is 10.4. The van der Waals surface area contributed by atoms with Crippen molar-refractivity contribution in [1.29, 1.82) is 0 Å². The second-order valence-corrected chi connectivity index (χ2v) is 7.16. The molecule has 0 radical (unpaired) electrons. The second-order valence-electron chi connectivity index (χ2n) is 7.16. The van der Waals surface area contributed by atoms with Gasteiger partial charge in [0, 0.05) is 12.4 Å². The Morgan fingerprint density at radius 1 is 0.939 bits per heavy atom. The Morgan fingerprint density at radius 3 is 2.39 bits per heavy atom. The van der Waals surface area contributed by atoms with Crippen LogP contribution in [0, 0.1) is 0 Å². The van der Waals surface area contributed by atoms with Crippen molar-refractivity contribution in [2.45, 2.75) is 6.54 Å². The topological polar surface area (TPSA) is 64.0 Å². The highest BCUT2D eigenvalue weighted by Gasteiger charge is 2.13. The minimum absolute atomic E-state index is 0.327. The van der Waals surface area contributed by atoms with Gasteiger partial charge in [-0.15, -0.1) is 0 Å². The summed E-state index contributed by atoms with van der Waals surface area (Å²) in [5, 5.41) is 6.64. The van der Waals surface area contributed by atoms with Gasteiger partial charge in [0.25, 0.3) is 0 Å². The first kappa shape index (κ1) is 21.8. The first-order chi connectivity index (χ1) is 16.2. The molecule has 0 aliphatic carbocycles. The van der Waals surface area contributed by atoms with Gasteiger partial charge < -0.3 is 9.47 Å². The highest BCUT2D eigenvalue weighted by atomic mass is 16.6. The molecule has 0 amide bonds. The summed E-state index contributed by atoms with van der Waals surface area (Å²) in [7, 11) is 1.53. The van der Waals surface area contributed by atoms with Crippen LogP contribution in [0.1, 0.15) is 21.5 Å². The van der Waals surface area contributed by atoms with E-state index in [1.807, 2.05) is 59.6 Å². The largest absolute Gasteiger partial charge is 0.493 e. The van der Waals surface area contributed by atoms with Crippen molar-refractivity contribution in [3.05, 3.63) is 120 Å². The van der Waals surface area contributed by atoms with Crippen LogP contribution >= 0.6 is 0 Å². The van der Waals surface area contributed by atoms with Crippen LogP contribution in [0.5, 0.6) is 11.5 Å². The molecule has 164 valence electrons. The predicted octanol–water partition coefficient (Wildman–Crippen LogP) is 5.35. The van der Waals surface area contributed by atoms with Gasteiger partial charge in [0.05, 0.1) is 31.1 Å². The van der Waals surface area contributed by atoms with E-state index in [-0.39, 0.29) is 0 Å². The normalized spacial score (nSPS) is 10.7. The lowest BCUT2D eigenvalue weighted by molar-refractivity contribution is 0.0729. The van der Waals surface area contributed by atoms with Crippen LogP contribution in [-0.4, -0.2) is 24.3 Å². The third kappa shape index (κ3) is 5.83. The fraction of sp³-hybridized carbons (Fsp3) is 0.0741. The molecule has 0 bridgehead atoms. The first-order valence-electron chi connectivity index (χ1n) is 10.4. The number of para-hydroxylation sites is 1. The van der Waals surface area contributed by atoms with Crippen molar-refractivity contribution in [3.63, 3.8) is 0 Å². The third-order valence-electron chi connectivity index (χ3n) is 4.86. The van der Waals surface area contributed by atoms with Crippen molar-refractivity contribution in [3.8, 4) is 11.5 Å². The zero-order valence-electron chi connectivity index (χ0n) is 18.2. The zero-order valence-corrected chi connectivity index (χ0v) is 18.2. The molecule has 0 aliphatic rings. The van der Waals surface area contributed by atoms with Gasteiger partial charge in [0.1, 0.15) is 0 Å². The summed E-state index contributed by atoms with van der Waals surface area (Å²) < 4.78 is 10.9. The highest BCUT2D eigenvalue weighted by Crippen LogP contribution is 2.28. The quantitative estimate of drug-likeness (QED) is 0.161. The van der Waals surface area contributed by atoms with Crippen LogP contribution in [-0.2, 0) is 6.54 Å². The summed E-state index contributed by atoms with van der Waals surface area (Å²) in [5.74, 6) is 0.263. The maximum atomic E-state index is 12.4. The van der Waals surface area contributed by atoms with E-state index in [9.17, 15) is 4.79 Å². The summed E-state index contributed by atoms with van der Waals surface area (Å²) in [6, 6.07) is 28.8. The lowest BCUT2D eigenvalue weighted by Crippen LogP contribution is -2.16. The summed E-state index contributed by atoms with van der Waals surface area (Å²) in [6.07, 6.45) is 4.81. The molecule has 0 fully saturated rings. The van der Waals surface area contributed by atoms with Crippen LogP contribution < -0.4 is 14.5 Å². The number of anilines is 1. The Balaban J connectivity index is 1.54. The smallest absolute Gasteiger partial charge is 0.345 e. The Kier molecular flexibility index (Phi) is 7.08. The zero-order chi connectivity index (χ0) is 22.9. The maximum absolute atomic E-state index is 12.4. The SMILES string of the molecule is COc1cc(/C=N/N(Cc2ccccc2)c2ccccc2)ccc1OC(=O)c1cccnc1. The molecule has 0 saturated carbocycles. The number of hydrazone groups is 1. The van der Waals surface area contributed by atoms with Gasteiger partial charge >= 0.3 is 5.97 Å². The average molecular weight is 437 g/mol. The van der Waals surface area contributed by atoms with Crippen molar-refractivity contribution in [2.75, 3.05) is 12.1 Å². The monoisotopic (exact) mass is 437 g/mol. The fourth-order valence-electron chi connectivity index (χ4n) is 3.18. The van der Waals surface area contributed by atoms with Gasteiger partial charge in [-0.25, -0.2) is 4.79 Å². The predicted molar refractivity (Wildman–Crippen MR) is 129 cm³/mol. The van der Waals surface area contributed by atoms with Gasteiger partial charge in [0.2, 0.25) is 0 Å². The van der Waals surface area contributed by atoms with Crippen LogP contribution in [0.2, 0.25) is 0 Å². The van der Waals surface area contributed by atoms with Gasteiger partial charge in [-0.3, -0.25) is 9.99 Å². The standard InChI is InChI=1S/C27H23N3O3/c1-32-26-17-22(14-15-25(26)33-27(31)23-11-8-16-28-19-23)18-29-30(24-12-6-3-7-13-24)20-21-9-4-2-5-10-21/h2-19H,20H2,1H3/b29-18+. The summed E-state index contributed by atoms with van der Waals surface area (Å²) in [6.45, 7) is 0.624. The molecule has 0 aliphatic heterocycles. The number of aromatic nitrogens is 1. The minimum Gasteiger partial charge on any atom is -0.493 e. The Morgan fingerprint density at radius 2 is 1.70 bits per heavy atom. The molecule has 33 heavy (non-hydrogen) atoms. The molecular weight excluding hydrogens is 414 g/mol. The number of carbonyl (C=O) groups excluding carboxylic acids is 1. The molecule has 4 aromatic rings. The maximum Gasteiger partial charge on any atom is 0.345 e. The number of ether oxygens (including phenoxy) is 2. The molecule has 4 rings (SSSR count). The number of nitrogens with zero attached hydrogens (tertiary/aromatic N) is 3. The molecule has 1 heterocycles. The number of rotatable bonds is 8. The second kappa shape index (κ2) is 10.7. The molecule has 0 spiro atoms. The lowest BCUT2D eigenvalue weighted by atomic mass is 10.2. The molecule has 0 saturated heterocycles. The molecule has 1 aromatic heterocycles. The van der Waals surface area contributed by atoms with Gasteiger partial charge in [-0.1, -0.05) is 48.5 Å². The Hall–Kier alpha value is -4.45. The van der Waals surface area contributed by atoms with E-state index in [0.717, 1.165) is 16.8 Å². The molecule has 6 heteroatoms. The lowest BCUT2D eigenvalue weighted by Gasteiger charge is -2.19. The number of pyridine rings is 1. The van der Waals surface area contributed by atoms with Crippen LogP contribution in [0.25, 0.3) is 0 Å². The van der Waals surface area contributed by atoms with Crippen LogP contribution in [0.3, 0.4) is 0 Å². The molecule has 6 nitrogen and oxygen atoms in total. The number of hydrogen-bond donors (Lipinski definition) is 0. The van der Waals surface area contributed by atoms with Crippen molar-refractivity contribution in [2.24, 2.45) is 5.10 Å². The Bertz CT molecular complexity index is 1210. The van der Waals surface area contributed by atoms with Gasteiger partial charge in [-0.2, -0.15) is 5.10 Å². The molecule has 0 atom stereocenters. The molecule has 0 N–H and O–H groups in total. The fourth-order valence-corrected chi connectivity index (χ4v) is 3.18. The summed E-state index contributed by atoms with van der Waals surface area (Å²) in [5.41, 5.74) is 3.30. The van der Waals surface area contributed by atoms with Crippen molar-refractivity contribution >= 4 is 17.9 Å². The highest BCUT2D eigenvalue weighted by molar-refractivity contribution is 5.91. The molecular formula is C27H23N3O3. The number of hydrogen-bond acceptors (Lipinski definition) is 6. The third-order valence-corrected chi connectivity index (χ3v) is 4.86. The van der Waals surface area contributed by atoms with E-state index >= 15 is 0 Å². The van der Waals surface area contributed by atoms with E-state index in [2.05, 4.69) is 17.1 Å². The summed E-state index contributed by atoms with van der Waals surface area (Å²) in [4.78, 5) is 16.3. The molecule has 3 aromatic carbocycles. The van der Waals surface area contributed by atoms with Crippen molar-refractivity contribution < 1.29 is 14.3 Å². The van der Waals surface area contributed by atoms with Gasteiger partial charge in [0.15, 0.2) is 11.5 Å². The number of carbonyl (C=O) groups is 1. The molecule has 0 unspecified atom stereocenters. The van der Waals surface area contributed by atoms with E-state index < -0.39 is 5.97 Å². The number of methoxy groups -OCH3 is 1. The van der Waals surface area contributed by atoms with Gasteiger partial charge in [-0.05, 0) is 53.6 Å². The van der Waals surface area contributed by atoms with E-state index in [0.29, 0.717) is 23.6 Å². The average Bonchev–Trinajstić information content (AvgIpc) is 2.88. The van der Waals surface area contributed by atoms with Crippen molar-refractivity contribution in [1.82, 2.24) is 4.98 Å². The van der Waals surface area contributed by atoms with Crippen LogP contribution in [0.15, 0.2) is 108 Å². The Labute approximate surface area is 192 Å². The number of esters is 1. The van der Waals surface area contributed by atoms with Crippen LogP contribution in [0.4, 0.5) is 5.69 Å². The van der Waals surface area contributed by atoms with E-state index in [1.165, 1.54) is 13.3 Å². The van der Waals surface area contributed by atoms with E-state index in [4.69, 9.17) is 14.6 Å². The van der Waals surface area contributed by atoms with E-state index in [1.54, 1.807) is 36.7 Å². The number of benzene rings is 3.